The van der Waals surface area contributed by atoms with Gasteiger partial charge in [-0.3, -0.25) is 0 Å². The largest absolute Gasteiger partial charge is 0.335 e. The maximum absolute atomic E-state index is 10.1. The van der Waals surface area contributed by atoms with Crippen LogP contribution in [0, 0.1) is 6.92 Å². The number of aldehydes is 1. The van der Waals surface area contributed by atoms with Gasteiger partial charge in [-0.05, 0) is 54.0 Å². The molecule has 0 aromatic carbocycles. The summed E-state index contributed by atoms with van der Waals surface area (Å²) in [7, 11) is 8.51. The molecule has 0 unspecified atom stereocenters. The zero-order valence-electron chi connectivity index (χ0n) is 18.2. The summed E-state index contributed by atoms with van der Waals surface area (Å²) in [5, 5.41) is 0. The number of nitrogens with zero attached hydrogens (tertiary/aromatic N) is 4. The van der Waals surface area contributed by atoms with E-state index in [4.69, 9.17) is 0 Å². The molecule has 0 aliphatic carbocycles. The van der Waals surface area contributed by atoms with Gasteiger partial charge in [-0.2, -0.15) is 0 Å². The van der Waals surface area contributed by atoms with Gasteiger partial charge in [-0.1, -0.05) is 27.7 Å². The molecule has 0 N–H and O–H groups in total. The van der Waals surface area contributed by atoms with Crippen LogP contribution in [-0.4, -0.2) is 65.9 Å². The molecule has 1 fully saturated rings. The summed E-state index contributed by atoms with van der Waals surface area (Å²) in [6, 6.07) is 0.830. The predicted molar refractivity (Wildman–Crippen MR) is 109 cm³/mol. The van der Waals surface area contributed by atoms with E-state index in [-0.39, 0.29) is 0 Å². The van der Waals surface area contributed by atoms with E-state index in [1.807, 2.05) is 52.4 Å². The van der Waals surface area contributed by atoms with Gasteiger partial charge < -0.3 is 19.2 Å². The van der Waals surface area contributed by atoms with E-state index in [9.17, 15) is 4.79 Å². The number of hydrogen-bond donors (Lipinski definition) is 0. The molecule has 5 heteroatoms. The van der Waals surface area contributed by atoms with E-state index in [0.717, 1.165) is 30.3 Å². The quantitative estimate of drug-likeness (QED) is 0.775. The maximum Gasteiger partial charge on any atom is 0.120 e. The molecule has 1 aromatic rings. The van der Waals surface area contributed by atoms with Crippen molar-refractivity contribution >= 4 is 6.29 Å². The summed E-state index contributed by atoms with van der Waals surface area (Å²) in [5.41, 5.74) is 1.13. The van der Waals surface area contributed by atoms with Gasteiger partial charge in [0.05, 0.1) is 0 Å². The zero-order valence-corrected chi connectivity index (χ0v) is 18.2. The summed E-state index contributed by atoms with van der Waals surface area (Å²) in [6.07, 6.45) is 6.72. The Labute approximate surface area is 156 Å². The average molecular weight is 355 g/mol. The van der Waals surface area contributed by atoms with E-state index >= 15 is 0 Å². The molecule has 1 saturated heterocycles. The highest BCUT2D eigenvalue weighted by atomic mass is 16.1. The molecule has 2 rings (SSSR count). The molecule has 0 bridgehead atoms. The first kappa shape index (κ1) is 26.0. The maximum atomic E-state index is 10.1. The lowest BCUT2D eigenvalue weighted by atomic mass is 10.1. The number of imidazole rings is 1. The molecule has 1 aliphatic heterocycles. The third kappa shape index (κ3) is 11.1. The smallest absolute Gasteiger partial charge is 0.120 e. The lowest BCUT2D eigenvalue weighted by Crippen LogP contribution is -2.40. The molecule has 5 nitrogen and oxygen atoms in total. The Balaban J connectivity index is 0. The number of piperidine rings is 1. The van der Waals surface area contributed by atoms with E-state index < -0.39 is 0 Å². The van der Waals surface area contributed by atoms with Crippen LogP contribution in [0.2, 0.25) is 0 Å². The van der Waals surface area contributed by atoms with E-state index in [1.54, 1.807) is 0 Å². The van der Waals surface area contributed by atoms with Crippen LogP contribution in [0.1, 0.15) is 58.5 Å². The molecule has 2 heterocycles. The Morgan fingerprint density at radius 1 is 1.16 bits per heavy atom. The third-order valence-electron chi connectivity index (χ3n) is 4.22. The molecule has 0 atom stereocenters. The molecule has 25 heavy (non-hydrogen) atoms. The second-order valence-corrected chi connectivity index (χ2v) is 6.08. The minimum atomic E-state index is 0.560. The van der Waals surface area contributed by atoms with Crippen molar-refractivity contribution in [2.75, 3.05) is 34.2 Å². The normalized spacial score (nSPS) is 14.5. The molecule has 0 spiro atoms. The Morgan fingerprint density at radius 3 is 2.04 bits per heavy atom. The number of hydrogen-bond acceptors (Lipinski definition) is 4. The second kappa shape index (κ2) is 16.3. The van der Waals surface area contributed by atoms with Crippen molar-refractivity contribution in [1.82, 2.24) is 19.4 Å². The van der Waals surface area contributed by atoms with Crippen LogP contribution in [0.4, 0.5) is 0 Å². The molecule has 0 amide bonds. The van der Waals surface area contributed by atoms with Gasteiger partial charge in [0.15, 0.2) is 0 Å². The van der Waals surface area contributed by atoms with Gasteiger partial charge in [0.25, 0.3) is 0 Å². The number of rotatable bonds is 4. The fraction of sp³-hybridized carbons (Fsp3) is 0.800. The van der Waals surface area contributed by atoms with Gasteiger partial charge in [0.1, 0.15) is 12.1 Å². The van der Waals surface area contributed by atoms with Crippen LogP contribution in [-0.2, 0) is 18.3 Å². The number of aromatic nitrogens is 2. The van der Waals surface area contributed by atoms with Crippen molar-refractivity contribution in [2.24, 2.45) is 7.05 Å². The molecular formula is C20H42N4O. The Hall–Kier alpha value is -1.20. The van der Waals surface area contributed by atoms with Crippen LogP contribution < -0.4 is 0 Å². The van der Waals surface area contributed by atoms with Gasteiger partial charge in [0.2, 0.25) is 0 Å². The topological polar surface area (TPSA) is 41.4 Å². The van der Waals surface area contributed by atoms with Crippen LogP contribution >= 0.6 is 0 Å². The summed E-state index contributed by atoms with van der Waals surface area (Å²) in [5.74, 6) is 0.981. The lowest BCUT2D eigenvalue weighted by molar-refractivity contribution is -0.107. The van der Waals surface area contributed by atoms with E-state index in [1.165, 1.54) is 25.9 Å². The molecular weight excluding hydrogens is 312 g/mol. The standard InChI is InChI=1S/C8H12N2O.C8H18N2.2C2H6/c1-7-6-9-8(10(7)2)4-3-5-11;1-9(2)8-4-6-10(3)7-5-8;2*1-2/h5-6H,3-4H2,1-2H3;8H,4-7H2,1-3H3;2*1-2H3. The van der Waals surface area contributed by atoms with Crippen LogP contribution in [0.15, 0.2) is 6.20 Å². The molecule has 0 saturated carbocycles. The van der Waals surface area contributed by atoms with Crippen molar-refractivity contribution in [1.29, 1.82) is 0 Å². The van der Waals surface area contributed by atoms with Crippen molar-refractivity contribution < 1.29 is 4.79 Å². The highest BCUT2D eigenvalue weighted by Crippen LogP contribution is 2.11. The summed E-state index contributed by atoms with van der Waals surface area (Å²) in [4.78, 5) is 19.0. The molecule has 148 valence electrons. The summed E-state index contributed by atoms with van der Waals surface area (Å²) >= 11 is 0. The summed E-state index contributed by atoms with van der Waals surface area (Å²) in [6.45, 7) is 12.5. The number of carbonyl (C=O) groups excluding carboxylic acids is 1. The van der Waals surface area contributed by atoms with E-state index in [0.29, 0.717) is 6.42 Å². The zero-order chi connectivity index (χ0) is 19.8. The average Bonchev–Trinajstić information content (AvgIpc) is 2.96. The number of carbonyl (C=O) groups is 1. The second-order valence-electron chi connectivity index (χ2n) is 6.08. The van der Waals surface area contributed by atoms with Gasteiger partial charge in [-0.25, -0.2) is 4.98 Å². The Kier molecular flexibility index (Phi) is 17.0. The number of likely N-dealkylation sites (tertiary alicyclic amines) is 1. The fourth-order valence-corrected chi connectivity index (χ4v) is 2.48. The van der Waals surface area contributed by atoms with Crippen molar-refractivity contribution in [3.8, 4) is 0 Å². The first-order valence-corrected chi connectivity index (χ1v) is 9.71. The predicted octanol–water partition coefficient (Wildman–Crippen LogP) is 3.55. The third-order valence-corrected chi connectivity index (χ3v) is 4.22. The fourth-order valence-electron chi connectivity index (χ4n) is 2.48. The molecule has 0 radical (unpaired) electrons. The Bertz CT molecular complexity index is 421. The highest BCUT2D eigenvalue weighted by Gasteiger charge is 2.17. The van der Waals surface area contributed by atoms with Crippen molar-refractivity contribution in [3.05, 3.63) is 17.7 Å². The van der Waals surface area contributed by atoms with Gasteiger partial charge in [-0.15, -0.1) is 0 Å². The molecule has 1 aliphatic rings. The number of aryl methyl sites for hydroxylation is 2. The van der Waals surface area contributed by atoms with Crippen molar-refractivity contribution in [3.63, 3.8) is 0 Å². The molecule has 1 aromatic heterocycles. The van der Waals surface area contributed by atoms with Gasteiger partial charge >= 0.3 is 0 Å². The SMILES string of the molecule is CC.CC.CN1CCC(N(C)C)CC1.Cc1cnc(CCC=O)n1C. The van der Waals surface area contributed by atoms with Gasteiger partial charge in [0, 0.05) is 37.8 Å². The van der Waals surface area contributed by atoms with Crippen LogP contribution in [0.3, 0.4) is 0 Å². The highest BCUT2D eigenvalue weighted by molar-refractivity contribution is 5.49. The minimum absolute atomic E-state index is 0.560. The Morgan fingerprint density at radius 2 is 1.68 bits per heavy atom. The summed E-state index contributed by atoms with van der Waals surface area (Å²) < 4.78 is 2.00. The van der Waals surface area contributed by atoms with E-state index in [2.05, 4.69) is 35.9 Å². The lowest BCUT2D eigenvalue weighted by Gasteiger charge is -2.32. The first-order valence-electron chi connectivity index (χ1n) is 9.71. The minimum Gasteiger partial charge on any atom is -0.335 e. The first-order chi connectivity index (χ1) is 12.0. The monoisotopic (exact) mass is 354 g/mol. The van der Waals surface area contributed by atoms with Crippen LogP contribution in [0.5, 0.6) is 0 Å². The van der Waals surface area contributed by atoms with Crippen LogP contribution in [0.25, 0.3) is 0 Å². The van der Waals surface area contributed by atoms with Crippen molar-refractivity contribution in [2.45, 2.75) is 66.3 Å².